The van der Waals surface area contributed by atoms with Gasteiger partial charge in [-0.2, -0.15) is 5.10 Å². The second-order valence-electron chi connectivity index (χ2n) is 9.53. The lowest BCUT2D eigenvalue weighted by atomic mass is 10.1. The Kier molecular flexibility index (Phi) is 5.64. The standard InChI is InChI=1S/C26H32N6O/c1-17(2)25-27-19(4)16-23(28-25)30-12-14-31(15-13-30)26(33)24-21-6-5-7-22(21)32(29-24)20-10-8-18(3)9-11-20/h8-11,16-17H,5-7,12-15H2,1-4H3. The van der Waals surface area contributed by atoms with Crippen molar-refractivity contribution in [3.8, 4) is 5.69 Å². The van der Waals surface area contributed by atoms with Crippen LogP contribution in [0.15, 0.2) is 30.3 Å². The van der Waals surface area contributed by atoms with Gasteiger partial charge in [0.2, 0.25) is 0 Å². The van der Waals surface area contributed by atoms with E-state index in [0.717, 1.165) is 60.9 Å². The fraction of sp³-hybridized carbons (Fsp3) is 0.462. The molecule has 1 aromatic carbocycles. The minimum absolute atomic E-state index is 0.0559. The zero-order chi connectivity index (χ0) is 23.1. The van der Waals surface area contributed by atoms with Crippen molar-refractivity contribution >= 4 is 11.7 Å². The number of rotatable bonds is 4. The maximum absolute atomic E-state index is 13.5. The van der Waals surface area contributed by atoms with Gasteiger partial charge in [0.05, 0.1) is 5.69 Å². The first-order chi connectivity index (χ1) is 15.9. The van der Waals surface area contributed by atoms with E-state index in [1.165, 1.54) is 11.3 Å². The van der Waals surface area contributed by atoms with Crippen LogP contribution in [-0.4, -0.2) is 56.7 Å². The summed E-state index contributed by atoms with van der Waals surface area (Å²) in [5.41, 5.74) is 6.20. The summed E-state index contributed by atoms with van der Waals surface area (Å²) in [6.45, 7) is 11.2. The summed E-state index contributed by atoms with van der Waals surface area (Å²) in [5, 5.41) is 4.82. The first-order valence-corrected chi connectivity index (χ1v) is 12.0. The summed E-state index contributed by atoms with van der Waals surface area (Å²) in [6, 6.07) is 10.4. The predicted octanol–water partition coefficient (Wildman–Crippen LogP) is 3.85. The van der Waals surface area contributed by atoms with Crippen LogP contribution < -0.4 is 4.90 Å². The number of anilines is 1. The molecule has 0 N–H and O–H groups in total. The van der Waals surface area contributed by atoms with E-state index in [2.05, 4.69) is 54.9 Å². The Bertz CT molecular complexity index is 1170. The third-order valence-corrected chi connectivity index (χ3v) is 6.68. The molecule has 1 aliphatic heterocycles. The highest BCUT2D eigenvalue weighted by Crippen LogP contribution is 2.29. The van der Waals surface area contributed by atoms with Crippen LogP contribution in [-0.2, 0) is 12.8 Å². The van der Waals surface area contributed by atoms with E-state index in [9.17, 15) is 4.79 Å². The molecule has 1 saturated heterocycles. The number of fused-ring (bicyclic) bond motifs is 1. The summed E-state index contributed by atoms with van der Waals surface area (Å²) in [4.78, 5) is 27.1. The molecule has 0 spiro atoms. The van der Waals surface area contributed by atoms with Crippen molar-refractivity contribution in [2.75, 3.05) is 31.1 Å². The van der Waals surface area contributed by atoms with Crippen LogP contribution in [0.4, 0.5) is 5.82 Å². The van der Waals surface area contributed by atoms with Crippen molar-refractivity contribution in [3.63, 3.8) is 0 Å². The van der Waals surface area contributed by atoms with Crippen LogP contribution >= 0.6 is 0 Å². The zero-order valence-corrected chi connectivity index (χ0v) is 20.0. The van der Waals surface area contributed by atoms with Gasteiger partial charge in [-0.25, -0.2) is 14.6 Å². The molecular formula is C26H32N6O. The zero-order valence-electron chi connectivity index (χ0n) is 20.0. The highest BCUT2D eigenvalue weighted by atomic mass is 16.2. The van der Waals surface area contributed by atoms with Gasteiger partial charge < -0.3 is 9.80 Å². The smallest absolute Gasteiger partial charge is 0.274 e. The van der Waals surface area contributed by atoms with Gasteiger partial charge in [0.25, 0.3) is 5.91 Å². The van der Waals surface area contributed by atoms with Gasteiger partial charge in [0.1, 0.15) is 11.6 Å². The first kappa shape index (κ1) is 21.6. The van der Waals surface area contributed by atoms with E-state index >= 15 is 0 Å². The average molecular weight is 445 g/mol. The predicted molar refractivity (Wildman–Crippen MR) is 129 cm³/mol. The van der Waals surface area contributed by atoms with Crippen molar-refractivity contribution in [2.24, 2.45) is 0 Å². The van der Waals surface area contributed by atoms with Gasteiger partial charge in [-0.3, -0.25) is 4.79 Å². The maximum Gasteiger partial charge on any atom is 0.274 e. The molecule has 1 fully saturated rings. The van der Waals surface area contributed by atoms with Gasteiger partial charge in [0.15, 0.2) is 5.69 Å². The second-order valence-corrected chi connectivity index (χ2v) is 9.53. The van der Waals surface area contributed by atoms with Crippen molar-refractivity contribution < 1.29 is 4.79 Å². The molecule has 7 nitrogen and oxygen atoms in total. The molecule has 1 amide bonds. The quantitative estimate of drug-likeness (QED) is 0.611. The third-order valence-electron chi connectivity index (χ3n) is 6.68. The van der Waals surface area contributed by atoms with E-state index in [1.54, 1.807) is 0 Å². The lowest BCUT2D eigenvalue weighted by molar-refractivity contribution is 0.0739. The lowest BCUT2D eigenvalue weighted by Gasteiger charge is -2.35. The van der Waals surface area contributed by atoms with Crippen molar-refractivity contribution in [2.45, 2.75) is 52.9 Å². The molecule has 172 valence electrons. The summed E-state index contributed by atoms with van der Waals surface area (Å²) in [7, 11) is 0. The number of amides is 1. The largest absolute Gasteiger partial charge is 0.353 e. The number of piperazine rings is 1. The van der Waals surface area contributed by atoms with Crippen molar-refractivity contribution in [1.82, 2.24) is 24.6 Å². The van der Waals surface area contributed by atoms with Crippen molar-refractivity contribution in [3.05, 3.63) is 64.4 Å². The topological polar surface area (TPSA) is 67.2 Å². The Labute approximate surface area is 195 Å². The fourth-order valence-electron chi connectivity index (χ4n) is 4.79. The molecule has 3 aromatic rings. The normalized spacial score (nSPS) is 15.9. The summed E-state index contributed by atoms with van der Waals surface area (Å²) in [6.07, 6.45) is 2.99. The number of aromatic nitrogens is 4. The molecule has 5 rings (SSSR count). The van der Waals surface area contributed by atoms with E-state index in [-0.39, 0.29) is 11.8 Å². The number of carbonyl (C=O) groups excluding carboxylic acids is 1. The molecule has 0 atom stereocenters. The number of hydrogen-bond donors (Lipinski definition) is 0. The van der Waals surface area contributed by atoms with Crippen molar-refractivity contribution in [1.29, 1.82) is 0 Å². The number of nitrogens with zero attached hydrogens (tertiary/aromatic N) is 6. The number of carbonyl (C=O) groups is 1. The number of benzene rings is 1. The van der Waals surface area contributed by atoms with Gasteiger partial charge in [-0.1, -0.05) is 31.5 Å². The molecule has 7 heteroatoms. The van der Waals surface area contributed by atoms with Gasteiger partial charge in [-0.05, 0) is 45.2 Å². The number of aryl methyl sites for hydroxylation is 2. The van der Waals surface area contributed by atoms with Crippen LogP contribution in [0.25, 0.3) is 5.69 Å². The fourth-order valence-corrected chi connectivity index (χ4v) is 4.79. The van der Waals surface area contributed by atoms with E-state index in [0.29, 0.717) is 18.8 Å². The van der Waals surface area contributed by atoms with Crippen LogP contribution in [0, 0.1) is 13.8 Å². The third kappa shape index (κ3) is 4.12. The van der Waals surface area contributed by atoms with E-state index in [1.807, 2.05) is 22.6 Å². The molecule has 1 aliphatic carbocycles. The maximum atomic E-state index is 13.5. The highest BCUT2D eigenvalue weighted by molar-refractivity contribution is 5.94. The molecule has 0 unspecified atom stereocenters. The molecule has 0 bridgehead atoms. The van der Waals surface area contributed by atoms with Crippen LogP contribution in [0.2, 0.25) is 0 Å². The summed E-state index contributed by atoms with van der Waals surface area (Å²) in [5.74, 6) is 2.18. The molecule has 0 radical (unpaired) electrons. The molecular weight excluding hydrogens is 412 g/mol. The van der Waals surface area contributed by atoms with Gasteiger partial charge >= 0.3 is 0 Å². The SMILES string of the molecule is Cc1ccc(-n2nc(C(=O)N3CCN(c4cc(C)nc(C(C)C)n4)CC3)c3c2CCC3)cc1. The van der Waals surface area contributed by atoms with Gasteiger partial charge in [0, 0.05) is 55.1 Å². The Hall–Kier alpha value is -3.22. The van der Waals surface area contributed by atoms with Crippen LogP contribution in [0.3, 0.4) is 0 Å². The van der Waals surface area contributed by atoms with E-state index < -0.39 is 0 Å². The summed E-state index contributed by atoms with van der Waals surface area (Å²) >= 11 is 0. The van der Waals surface area contributed by atoms with Gasteiger partial charge in [-0.15, -0.1) is 0 Å². The molecule has 2 aromatic heterocycles. The minimum atomic E-state index is 0.0559. The number of hydrogen-bond acceptors (Lipinski definition) is 5. The lowest BCUT2D eigenvalue weighted by Crippen LogP contribution is -2.49. The Morgan fingerprint density at radius 2 is 1.70 bits per heavy atom. The molecule has 33 heavy (non-hydrogen) atoms. The average Bonchev–Trinajstić information content (AvgIpc) is 3.42. The Morgan fingerprint density at radius 1 is 0.970 bits per heavy atom. The Balaban J connectivity index is 1.34. The van der Waals surface area contributed by atoms with E-state index in [4.69, 9.17) is 10.1 Å². The first-order valence-electron chi connectivity index (χ1n) is 12.0. The second kappa shape index (κ2) is 8.61. The monoisotopic (exact) mass is 444 g/mol. The van der Waals surface area contributed by atoms with Crippen LogP contribution in [0.5, 0.6) is 0 Å². The minimum Gasteiger partial charge on any atom is -0.353 e. The molecule has 3 heterocycles. The van der Waals surface area contributed by atoms with Crippen LogP contribution in [0.1, 0.15) is 65.0 Å². The highest BCUT2D eigenvalue weighted by Gasteiger charge is 2.31. The molecule has 0 saturated carbocycles. The Morgan fingerprint density at radius 3 is 2.39 bits per heavy atom. The molecule has 2 aliphatic rings. The summed E-state index contributed by atoms with van der Waals surface area (Å²) < 4.78 is 1.99.